The van der Waals surface area contributed by atoms with Gasteiger partial charge in [0.2, 0.25) is 0 Å². The molecule has 7 rings (SSSR count). The largest absolute Gasteiger partial charge is 0.497 e. The fraction of sp³-hybridized carbons (Fsp3) is 0.333. The maximum Gasteiger partial charge on any atom is 0.335 e. The van der Waals surface area contributed by atoms with Crippen LogP contribution in [-0.2, 0) is 12.1 Å². The molecule has 2 aliphatic rings. The van der Waals surface area contributed by atoms with Gasteiger partial charge in [-0.05, 0) is 80.6 Å². The van der Waals surface area contributed by atoms with E-state index in [1.54, 1.807) is 21.0 Å². The standard InChI is InChI=1S/C36H36N4O6/c1-36(2,35-37-27-17-22(34(43)44)10-12-24(27)33(42)38-35)39-32(41)21-9-13-25-28(18-21)40-15-16-46-29-19-23(45-3)11-14-26(29)31(40)30(25)20-7-5-4-6-8-20/h9-14,17-20H,4-8,15-16H2,1-3H3,(H,39,41)(H,43,44)(H,37,38,42). The minimum Gasteiger partial charge on any atom is -0.497 e. The molecule has 0 radical (unpaired) electrons. The molecule has 3 heterocycles. The first-order chi connectivity index (χ1) is 22.1. The first-order valence-electron chi connectivity index (χ1n) is 15.7. The van der Waals surface area contributed by atoms with Gasteiger partial charge in [0.15, 0.2) is 0 Å². The maximum atomic E-state index is 13.8. The van der Waals surface area contributed by atoms with E-state index in [0.29, 0.717) is 24.6 Å². The van der Waals surface area contributed by atoms with Crippen LogP contribution in [0.1, 0.15) is 84.0 Å². The van der Waals surface area contributed by atoms with Crippen molar-refractivity contribution in [1.82, 2.24) is 19.9 Å². The van der Waals surface area contributed by atoms with Crippen molar-refractivity contribution in [3.8, 4) is 22.8 Å². The molecule has 10 heteroatoms. The van der Waals surface area contributed by atoms with Crippen LogP contribution in [0, 0.1) is 0 Å². The summed E-state index contributed by atoms with van der Waals surface area (Å²) in [4.78, 5) is 45.5. The number of carboxylic acids is 1. The molecular formula is C36H36N4O6. The molecule has 0 bridgehead atoms. The summed E-state index contributed by atoms with van der Waals surface area (Å²) in [6, 6.07) is 16.0. The zero-order valence-corrected chi connectivity index (χ0v) is 26.1. The van der Waals surface area contributed by atoms with E-state index in [1.165, 1.54) is 43.0 Å². The number of hydrogen-bond donors (Lipinski definition) is 3. The van der Waals surface area contributed by atoms with Crippen molar-refractivity contribution < 1.29 is 24.2 Å². The molecule has 1 aliphatic heterocycles. The molecule has 3 N–H and O–H groups in total. The molecule has 1 amide bonds. The maximum absolute atomic E-state index is 13.8. The molecule has 1 aliphatic carbocycles. The van der Waals surface area contributed by atoms with E-state index in [0.717, 1.165) is 46.5 Å². The Morgan fingerprint density at radius 1 is 1.02 bits per heavy atom. The molecule has 0 saturated heterocycles. The second-order valence-electron chi connectivity index (χ2n) is 12.7. The highest BCUT2D eigenvalue weighted by Crippen LogP contribution is 2.47. The summed E-state index contributed by atoms with van der Waals surface area (Å²) < 4.78 is 14.0. The van der Waals surface area contributed by atoms with E-state index >= 15 is 0 Å². The van der Waals surface area contributed by atoms with Gasteiger partial charge >= 0.3 is 5.97 Å². The number of carbonyl (C=O) groups excluding carboxylic acids is 1. The number of carboxylic acid groups (broad SMARTS) is 1. The zero-order valence-electron chi connectivity index (χ0n) is 26.1. The van der Waals surface area contributed by atoms with Crippen LogP contribution in [0.2, 0.25) is 0 Å². The number of rotatable bonds is 6. The Morgan fingerprint density at radius 3 is 2.54 bits per heavy atom. The number of amides is 1. The number of carbonyl (C=O) groups is 2. The lowest BCUT2D eigenvalue weighted by atomic mass is 9.81. The van der Waals surface area contributed by atoms with Crippen molar-refractivity contribution in [2.24, 2.45) is 0 Å². The van der Waals surface area contributed by atoms with E-state index in [-0.39, 0.29) is 28.2 Å². The van der Waals surface area contributed by atoms with Crippen LogP contribution in [0.25, 0.3) is 33.1 Å². The molecule has 236 valence electrons. The summed E-state index contributed by atoms with van der Waals surface area (Å²) in [6.07, 6.45) is 5.89. The molecule has 1 fully saturated rings. The second-order valence-corrected chi connectivity index (χ2v) is 12.7. The number of ether oxygens (including phenoxy) is 2. The third-order valence-electron chi connectivity index (χ3n) is 9.37. The van der Waals surface area contributed by atoms with Crippen LogP contribution in [-0.4, -0.2) is 45.2 Å². The third-order valence-corrected chi connectivity index (χ3v) is 9.37. The van der Waals surface area contributed by atoms with Crippen molar-refractivity contribution in [3.63, 3.8) is 0 Å². The van der Waals surface area contributed by atoms with Crippen LogP contribution in [0.15, 0.2) is 59.4 Å². The van der Waals surface area contributed by atoms with Crippen molar-refractivity contribution in [2.75, 3.05) is 13.7 Å². The number of nitrogens with zero attached hydrogens (tertiary/aromatic N) is 2. The number of benzene rings is 3. The molecule has 46 heavy (non-hydrogen) atoms. The van der Waals surface area contributed by atoms with Gasteiger partial charge in [-0.15, -0.1) is 0 Å². The predicted octanol–water partition coefficient (Wildman–Crippen LogP) is 6.36. The fourth-order valence-corrected chi connectivity index (χ4v) is 7.02. The van der Waals surface area contributed by atoms with Gasteiger partial charge in [-0.25, -0.2) is 9.78 Å². The summed E-state index contributed by atoms with van der Waals surface area (Å²) in [5, 5.41) is 13.9. The Hall–Kier alpha value is -5.12. The number of aromatic amines is 1. The van der Waals surface area contributed by atoms with Gasteiger partial charge in [0.1, 0.15) is 23.9 Å². The van der Waals surface area contributed by atoms with E-state index < -0.39 is 17.1 Å². The normalized spacial score (nSPS) is 15.1. The number of fused-ring (bicyclic) bond motifs is 6. The molecule has 1 saturated carbocycles. The highest BCUT2D eigenvalue weighted by atomic mass is 16.5. The fourth-order valence-electron chi connectivity index (χ4n) is 7.02. The quantitative estimate of drug-likeness (QED) is 0.201. The molecule has 0 atom stereocenters. The Kier molecular flexibility index (Phi) is 7.30. The number of nitrogens with one attached hydrogen (secondary N) is 2. The summed E-state index contributed by atoms with van der Waals surface area (Å²) in [5.41, 5.74) is 3.73. The SMILES string of the molecule is COc1ccc2c(c1)OCCn1c-2c(C2CCCCC2)c2ccc(C(=O)NC(C)(C)c3nc4cc(C(=O)O)ccc4c(=O)[nH]3)cc21. The Morgan fingerprint density at radius 2 is 1.78 bits per heavy atom. The number of hydrogen-bond acceptors (Lipinski definition) is 6. The summed E-state index contributed by atoms with van der Waals surface area (Å²) in [5.74, 6) is 0.745. The lowest BCUT2D eigenvalue weighted by molar-refractivity contribution is 0.0696. The van der Waals surface area contributed by atoms with Gasteiger partial charge < -0.3 is 29.4 Å². The summed E-state index contributed by atoms with van der Waals surface area (Å²) >= 11 is 0. The molecule has 5 aromatic rings. The third kappa shape index (κ3) is 5.07. The van der Waals surface area contributed by atoms with Gasteiger partial charge in [-0.1, -0.05) is 25.3 Å². The zero-order chi connectivity index (χ0) is 32.2. The van der Waals surface area contributed by atoms with Crippen molar-refractivity contribution in [1.29, 1.82) is 0 Å². The average Bonchev–Trinajstić information content (AvgIpc) is 3.25. The predicted molar refractivity (Wildman–Crippen MR) is 175 cm³/mol. The number of methoxy groups -OCH3 is 1. The summed E-state index contributed by atoms with van der Waals surface area (Å²) in [6.45, 7) is 4.62. The van der Waals surface area contributed by atoms with E-state index in [2.05, 4.69) is 32.0 Å². The lowest BCUT2D eigenvalue weighted by Gasteiger charge is -2.25. The van der Waals surface area contributed by atoms with Gasteiger partial charge in [0, 0.05) is 28.1 Å². The lowest BCUT2D eigenvalue weighted by Crippen LogP contribution is -2.43. The van der Waals surface area contributed by atoms with E-state index in [4.69, 9.17) is 9.47 Å². The minimum absolute atomic E-state index is 0.0257. The smallest absolute Gasteiger partial charge is 0.335 e. The number of H-pyrrole nitrogens is 1. The molecule has 3 aromatic carbocycles. The molecule has 2 aromatic heterocycles. The monoisotopic (exact) mass is 620 g/mol. The Bertz CT molecular complexity index is 2090. The van der Waals surface area contributed by atoms with Crippen LogP contribution >= 0.6 is 0 Å². The van der Waals surface area contributed by atoms with Crippen molar-refractivity contribution >= 4 is 33.7 Å². The van der Waals surface area contributed by atoms with Gasteiger partial charge in [0.25, 0.3) is 11.5 Å². The highest BCUT2D eigenvalue weighted by molar-refractivity contribution is 6.01. The number of aromatic nitrogens is 3. The van der Waals surface area contributed by atoms with Crippen molar-refractivity contribution in [3.05, 3.63) is 87.5 Å². The average molecular weight is 621 g/mol. The van der Waals surface area contributed by atoms with Crippen LogP contribution in [0.4, 0.5) is 0 Å². The minimum atomic E-state index is -1.11. The first-order valence-corrected chi connectivity index (χ1v) is 15.7. The Labute approximate surface area is 265 Å². The van der Waals surface area contributed by atoms with Gasteiger partial charge in [0.05, 0.1) is 41.4 Å². The van der Waals surface area contributed by atoms with E-state index in [1.807, 2.05) is 24.3 Å². The van der Waals surface area contributed by atoms with Crippen LogP contribution < -0.4 is 20.3 Å². The van der Waals surface area contributed by atoms with Crippen LogP contribution in [0.5, 0.6) is 11.5 Å². The highest BCUT2D eigenvalue weighted by Gasteiger charge is 2.31. The molecular weight excluding hydrogens is 584 g/mol. The van der Waals surface area contributed by atoms with E-state index in [9.17, 15) is 19.5 Å². The van der Waals surface area contributed by atoms with Crippen LogP contribution in [0.3, 0.4) is 0 Å². The second kappa shape index (κ2) is 11.3. The topological polar surface area (TPSA) is 136 Å². The first kappa shape index (κ1) is 29.6. The number of aromatic carboxylic acids is 1. The molecule has 0 unspecified atom stereocenters. The summed E-state index contributed by atoms with van der Waals surface area (Å²) in [7, 11) is 1.65. The molecule has 0 spiro atoms. The van der Waals surface area contributed by atoms with Gasteiger partial charge in [-0.3, -0.25) is 9.59 Å². The van der Waals surface area contributed by atoms with Gasteiger partial charge in [-0.2, -0.15) is 0 Å². The molecule has 10 nitrogen and oxygen atoms in total. The Balaban J connectivity index is 1.29. The van der Waals surface area contributed by atoms with Crippen molar-refractivity contribution in [2.45, 2.75) is 64.0 Å².